The van der Waals surface area contributed by atoms with Crippen molar-refractivity contribution in [3.63, 3.8) is 0 Å². The van der Waals surface area contributed by atoms with E-state index in [2.05, 4.69) is 83.3 Å². The number of hydrogen-bond donors (Lipinski definition) is 3. The predicted octanol–water partition coefficient (Wildman–Crippen LogP) is 8.34. The van der Waals surface area contributed by atoms with Crippen molar-refractivity contribution < 1.29 is 10.2 Å². The van der Waals surface area contributed by atoms with E-state index in [1.54, 1.807) is 6.07 Å². The molecule has 2 aromatic rings. The van der Waals surface area contributed by atoms with Crippen LogP contribution in [0.2, 0.25) is 0 Å². The topological polar surface area (TPSA) is 82.7 Å². The molecule has 6 nitrogen and oxygen atoms in total. The van der Waals surface area contributed by atoms with Gasteiger partial charge in [0.1, 0.15) is 17.4 Å². The van der Waals surface area contributed by atoms with Crippen LogP contribution >= 0.6 is 0 Å². The van der Waals surface area contributed by atoms with Crippen LogP contribution in [-0.4, -0.2) is 37.7 Å². The fraction of sp³-hybridized carbons (Fsp3) is 0.487. The summed E-state index contributed by atoms with van der Waals surface area (Å²) in [7, 11) is 0. The summed E-state index contributed by atoms with van der Waals surface area (Å²) in [5.74, 6) is 3.75. The van der Waals surface area contributed by atoms with Gasteiger partial charge in [-0.3, -0.25) is 4.99 Å². The number of phenols is 1. The van der Waals surface area contributed by atoms with Gasteiger partial charge < -0.3 is 20.1 Å². The SMILES string of the molecule is C=C(NC1=NC(CCn2cc(C)nc2CC)C(C)C(C)C(C(C)CC=C(C)c2ccccc2O)/C=C\1CC)C1=CC=CCC1O. The van der Waals surface area contributed by atoms with Crippen LogP contribution in [0.1, 0.15) is 84.3 Å². The van der Waals surface area contributed by atoms with Crippen LogP contribution in [0, 0.1) is 30.6 Å². The zero-order valence-corrected chi connectivity index (χ0v) is 28.4. The number of benzene rings is 1. The van der Waals surface area contributed by atoms with Gasteiger partial charge in [-0.1, -0.05) is 89.8 Å². The lowest BCUT2D eigenvalue weighted by Crippen LogP contribution is -2.37. The molecule has 0 fully saturated rings. The van der Waals surface area contributed by atoms with Gasteiger partial charge in [0.25, 0.3) is 0 Å². The molecule has 1 aromatic heterocycles. The van der Waals surface area contributed by atoms with Crippen molar-refractivity contribution in [2.75, 3.05) is 0 Å². The van der Waals surface area contributed by atoms with Gasteiger partial charge in [0.2, 0.25) is 0 Å². The molecule has 4 rings (SSSR count). The third kappa shape index (κ3) is 8.35. The second-order valence-corrected chi connectivity index (χ2v) is 13.0. The van der Waals surface area contributed by atoms with E-state index in [9.17, 15) is 10.2 Å². The molecule has 0 bridgehead atoms. The summed E-state index contributed by atoms with van der Waals surface area (Å²) >= 11 is 0. The van der Waals surface area contributed by atoms with E-state index in [4.69, 9.17) is 9.98 Å². The summed E-state index contributed by atoms with van der Waals surface area (Å²) in [6.07, 6.45) is 16.4. The molecule has 0 radical (unpaired) electrons. The summed E-state index contributed by atoms with van der Waals surface area (Å²) in [6.45, 7) is 20.8. The number of nitrogens with one attached hydrogen (secondary N) is 1. The lowest BCUT2D eigenvalue weighted by Gasteiger charge is -2.37. The normalized spacial score (nSPS) is 25.8. The van der Waals surface area contributed by atoms with Crippen molar-refractivity contribution in [2.45, 2.75) is 99.3 Å². The lowest BCUT2D eigenvalue weighted by atomic mass is 9.71. The van der Waals surface area contributed by atoms with E-state index in [-0.39, 0.29) is 6.04 Å². The minimum absolute atomic E-state index is 0.0939. The average Bonchev–Trinajstić information content (AvgIpc) is 3.40. The second kappa shape index (κ2) is 15.6. The Balaban J connectivity index is 1.68. The summed E-state index contributed by atoms with van der Waals surface area (Å²) < 4.78 is 2.30. The summed E-state index contributed by atoms with van der Waals surface area (Å²) in [5, 5.41) is 24.7. The number of aryl methyl sites for hydroxylation is 3. The smallest absolute Gasteiger partial charge is 0.128 e. The molecular formula is C39H54N4O2. The third-order valence-corrected chi connectivity index (χ3v) is 9.91. The number of nitrogens with zero attached hydrogens (tertiary/aromatic N) is 3. The number of amidine groups is 1. The molecule has 0 spiro atoms. The third-order valence-electron chi connectivity index (χ3n) is 9.91. The Labute approximate surface area is 271 Å². The van der Waals surface area contributed by atoms with Crippen molar-refractivity contribution in [1.82, 2.24) is 14.9 Å². The molecule has 3 N–H and O–H groups in total. The molecule has 1 aliphatic heterocycles. The summed E-state index contributed by atoms with van der Waals surface area (Å²) in [4.78, 5) is 10.2. The zero-order valence-electron chi connectivity index (χ0n) is 28.4. The Hall–Kier alpha value is -3.64. The predicted molar refractivity (Wildman–Crippen MR) is 188 cm³/mol. The van der Waals surface area contributed by atoms with Crippen molar-refractivity contribution in [2.24, 2.45) is 28.7 Å². The Kier molecular flexibility index (Phi) is 11.8. The number of aromatic nitrogens is 2. The first-order valence-corrected chi connectivity index (χ1v) is 16.8. The first kappa shape index (κ1) is 34.2. The molecule has 6 heteroatoms. The van der Waals surface area contributed by atoms with Gasteiger partial charge >= 0.3 is 0 Å². The Morgan fingerprint density at radius 1 is 1.18 bits per heavy atom. The van der Waals surface area contributed by atoms with Gasteiger partial charge in [-0.15, -0.1) is 0 Å². The van der Waals surface area contributed by atoms with Gasteiger partial charge in [-0.05, 0) is 80.4 Å². The quantitative estimate of drug-likeness (QED) is 0.239. The van der Waals surface area contributed by atoms with E-state index < -0.39 is 6.10 Å². The molecular weight excluding hydrogens is 556 g/mol. The van der Waals surface area contributed by atoms with Crippen molar-refractivity contribution in [3.8, 4) is 5.75 Å². The molecule has 1 aromatic carbocycles. The number of imidazole rings is 1. The first-order valence-electron chi connectivity index (χ1n) is 16.8. The molecule has 6 atom stereocenters. The van der Waals surface area contributed by atoms with Crippen LogP contribution in [0.25, 0.3) is 5.57 Å². The first-order chi connectivity index (χ1) is 21.5. The Morgan fingerprint density at radius 2 is 1.93 bits per heavy atom. The van der Waals surface area contributed by atoms with Gasteiger partial charge in [0.15, 0.2) is 0 Å². The second-order valence-electron chi connectivity index (χ2n) is 13.0. The van der Waals surface area contributed by atoms with Gasteiger partial charge in [0.05, 0.1) is 17.8 Å². The maximum atomic E-state index is 10.7. The highest BCUT2D eigenvalue weighted by atomic mass is 16.3. The maximum Gasteiger partial charge on any atom is 0.128 e. The molecule has 2 aliphatic rings. The van der Waals surface area contributed by atoms with E-state index in [1.165, 1.54) is 5.57 Å². The average molecular weight is 611 g/mol. The molecule has 45 heavy (non-hydrogen) atoms. The van der Waals surface area contributed by atoms with E-state index >= 15 is 0 Å². The molecule has 0 saturated carbocycles. The minimum atomic E-state index is -0.572. The summed E-state index contributed by atoms with van der Waals surface area (Å²) in [6, 6.07) is 7.66. The number of allylic oxidation sites excluding steroid dienone is 5. The fourth-order valence-corrected chi connectivity index (χ4v) is 6.85. The molecule has 242 valence electrons. The Bertz CT molecular complexity index is 1490. The number of hydrogen-bond acceptors (Lipinski definition) is 5. The summed E-state index contributed by atoms with van der Waals surface area (Å²) in [5.41, 5.74) is 5.74. The van der Waals surface area contributed by atoms with Gasteiger partial charge in [0, 0.05) is 36.0 Å². The number of rotatable bonds is 11. The number of phenolic OH excluding ortho intramolecular Hbond substituents is 1. The highest BCUT2D eigenvalue weighted by molar-refractivity contribution is 6.00. The van der Waals surface area contributed by atoms with Gasteiger partial charge in [-0.2, -0.15) is 0 Å². The van der Waals surface area contributed by atoms with Crippen LogP contribution in [0.15, 0.2) is 89.3 Å². The van der Waals surface area contributed by atoms with E-state index in [1.807, 2.05) is 36.4 Å². The van der Waals surface area contributed by atoms with Gasteiger partial charge in [-0.25, -0.2) is 4.98 Å². The number of para-hydroxylation sites is 1. The molecule has 6 unspecified atom stereocenters. The lowest BCUT2D eigenvalue weighted by molar-refractivity contribution is 0.205. The van der Waals surface area contributed by atoms with Crippen LogP contribution < -0.4 is 5.32 Å². The zero-order chi connectivity index (χ0) is 32.7. The standard InChI is InChI=1S/C39H54N4O2/c1-9-31-23-34(26(4)20-19-25(3)32-15-11-13-17-36(32)44)28(6)29(7)35(21-22-43-24-27(5)40-38(43)10-2)42-39(31)41-30(8)33-16-12-14-18-37(33)45/h11-17,19,23-24,26,28-29,34-35,37,44-45H,8-10,18,20-22H2,1-7H3,(H,41,42)/b25-19?,31-23-. The number of aromatic hydroxyl groups is 1. The van der Waals surface area contributed by atoms with Crippen molar-refractivity contribution in [1.29, 1.82) is 0 Å². The van der Waals surface area contributed by atoms with Crippen LogP contribution in [0.4, 0.5) is 0 Å². The molecule has 0 amide bonds. The largest absolute Gasteiger partial charge is 0.507 e. The van der Waals surface area contributed by atoms with E-state index in [0.29, 0.717) is 41.5 Å². The number of aliphatic hydroxyl groups is 1. The van der Waals surface area contributed by atoms with Crippen molar-refractivity contribution in [3.05, 3.63) is 101 Å². The monoisotopic (exact) mass is 610 g/mol. The van der Waals surface area contributed by atoms with Crippen molar-refractivity contribution >= 4 is 11.4 Å². The maximum absolute atomic E-state index is 10.7. The number of aliphatic hydroxyl groups excluding tert-OH is 1. The van der Waals surface area contributed by atoms with Crippen LogP contribution in [0.5, 0.6) is 5.75 Å². The highest BCUT2D eigenvalue weighted by Crippen LogP contribution is 2.38. The van der Waals surface area contributed by atoms with E-state index in [0.717, 1.165) is 66.3 Å². The molecule has 1 aliphatic carbocycles. The molecule has 0 saturated heterocycles. The highest BCUT2D eigenvalue weighted by Gasteiger charge is 2.33. The number of aliphatic imine (C=N–C) groups is 1. The minimum Gasteiger partial charge on any atom is -0.507 e. The fourth-order valence-electron chi connectivity index (χ4n) is 6.85. The van der Waals surface area contributed by atoms with Crippen LogP contribution in [-0.2, 0) is 13.0 Å². The molecule has 2 heterocycles. The van der Waals surface area contributed by atoms with Crippen LogP contribution in [0.3, 0.4) is 0 Å². The Morgan fingerprint density at radius 3 is 2.62 bits per heavy atom.